The number of aliphatic carboxylic acids is 1. The van der Waals surface area contributed by atoms with Crippen molar-refractivity contribution in [2.45, 2.75) is 18.7 Å². The van der Waals surface area contributed by atoms with Gasteiger partial charge in [-0.2, -0.15) is 10.3 Å². The summed E-state index contributed by atoms with van der Waals surface area (Å²) in [4.78, 5) is 23.7. The number of hydrogen-bond acceptors (Lipinski definition) is 7. The third-order valence-corrected chi connectivity index (χ3v) is 5.06. The summed E-state index contributed by atoms with van der Waals surface area (Å²) in [5, 5.41) is 35.6. The first kappa shape index (κ1) is 22.8. The average Bonchev–Trinajstić information content (AvgIpc) is 3.17. The van der Waals surface area contributed by atoms with Crippen LogP contribution < -0.4 is 10.9 Å². The third kappa shape index (κ3) is 6.05. The Labute approximate surface area is 187 Å². The van der Waals surface area contributed by atoms with E-state index in [-0.39, 0.29) is 19.6 Å². The van der Waals surface area contributed by atoms with Crippen LogP contribution in [0.2, 0.25) is 10.0 Å². The van der Waals surface area contributed by atoms with E-state index in [1.807, 2.05) is 12.1 Å². The van der Waals surface area contributed by atoms with Crippen LogP contribution in [0.3, 0.4) is 0 Å². The highest BCUT2D eigenvalue weighted by Crippen LogP contribution is 2.30. The highest BCUT2D eigenvalue weighted by Gasteiger charge is 2.31. The molecule has 1 amide bonds. The minimum Gasteiger partial charge on any atom is -0.696 e. The maximum absolute atomic E-state index is 12.4. The van der Waals surface area contributed by atoms with Gasteiger partial charge in [-0.1, -0.05) is 47.5 Å². The highest BCUT2D eigenvalue weighted by atomic mass is 35.5. The van der Waals surface area contributed by atoms with Crippen LogP contribution in [0.15, 0.2) is 47.7 Å². The van der Waals surface area contributed by atoms with Crippen molar-refractivity contribution in [3.8, 4) is 11.1 Å². The Kier molecular flexibility index (Phi) is 7.29. The van der Waals surface area contributed by atoms with Crippen molar-refractivity contribution in [2.24, 2.45) is 5.22 Å². The zero-order chi connectivity index (χ0) is 22.5. The van der Waals surface area contributed by atoms with Crippen LogP contribution >= 0.6 is 23.2 Å². The van der Waals surface area contributed by atoms with Gasteiger partial charge < -0.3 is 15.4 Å². The molecule has 0 aromatic heterocycles. The molecular formula is C19H19Cl2N5O5. The minimum absolute atomic E-state index is 0.102. The topological polar surface area (TPSA) is 140 Å². The molecule has 1 aliphatic heterocycles. The molecule has 10 nitrogen and oxygen atoms in total. The molecule has 0 spiro atoms. The number of nitrogens with one attached hydrogen (secondary N) is 2. The van der Waals surface area contributed by atoms with Crippen LogP contribution in [0.25, 0.3) is 11.1 Å². The lowest BCUT2D eigenvalue weighted by molar-refractivity contribution is -0.515. The number of amides is 1. The van der Waals surface area contributed by atoms with E-state index in [4.69, 9.17) is 28.3 Å². The molecule has 0 bridgehead atoms. The van der Waals surface area contributed by atoms with E-state index in [0.29, 0.717) is 14.9 Å². The smallest absolute Gasteiger partial charge is 0.333 e. The van der Waals surface area contributed by atoms with Gasteiger partial charge in [0.15, 0.2) is 12.6 Å². The Bertz CT molecular complexity index is 1000. The summed E-state index contributed by atoms with van der Waals surface area (Å²) < 4.78 is 0. The van der Waals surface area contributed by atoms with Crippen LogP contribution in [0.5, 0.6) is 0 Å². The zero-order valence-corrected chi connectivity index (χ0v) is 17.5. The largest absolute Gasteiger partial charge is 0.696 e. The van der Waals surface area contributed by atoms with Crippen LogP contribution in [-0.2, 0) is 16.1 Å². The summed E-state index contributed by atoms with van der Waals surface area (Å²) in [6.45, 7) is -0.450. The molecule has 12 heteroatoms. The molecule has 164 valence electrons. The Balaban J connectivity index is 1.73. The number of aliphatic hydroxyl groups is 1. The predicted molar refractivity (Wildman–Crippen MR) is 112 cm³/mol. The van der Waals surface area contributed by atoms with Gasteiger partial charge >= 0.3 is 5.97 Å². The number of halogens is 2. The SMILES string of the molecule is O=C(NN(Cc1ccc(-c2cc(Cl)ccc2Cl)cc1)C[C@@H](O)C(=O)O)C1C[N+]([O-])=NN1. The first-order chi connectivity index (χ1) is 14.7. The molecular weight excluding hydrogens is 449 g/mol. The molecule has 4 N–H and O–H groups in total. The van der Waals surface area contributed by atoms with E-state index in [1.54, 1.807) is 30.3 Å². The highest BCUT2D eigenvalue weighted by molar-refractivity contribution is 6.35. The monoisotopic (exact) mass is 467 g/mol. The molecule has 2 aromatic rings. The number of nitrogens with zero attached hydrogens (tertiary/aromatic N) is 3. The van der Waals surface area contributed by atoms with Crippen molar-refractivity contribution in [1.29, 1.82) is 0 Å². The lowest BCUT2D eigenvalue weighted by atomic mass is 10.0. The summed E-state index contributed by atoms with van der Waals surface area (Å²) in [5.74, 6) is -2.01. The number of carboxylic acid groups (broad SMARTS) is 1. The molecule has 0 saturated carbocycles. The maximum Gasteiger partial charge on any atom is 0.333 e. The summed E-state index contributed by atoms with van der Waals surface area (Å²) >= 11 is 12.3. The van der Waals surface area contributed by atoms with Gasteiger partial charge in [-0.05, 0) is 29.3 Å². The fourth-order valence-electron chi connectivity index (χ4n) is 2.91. The van der Waals surface area contributed by atoms with Crippen LogP contribution in [-0.4, -0.2) is 57.2 Å². The second-order valence-corrected chi connectivity index (χ2v) is 7.69. The number of carboxylic acids is 1. The average molecular weight is 468 g/mol. The molecule has 0 saturated heterocycles. The molecule has 1 unspecified atom stereocenters. The standard InChI is InChI=1S/C19H19Cl2N5O5/c20-13-5-6-15(21)14(7-13)12-3-1-11(2-4-12)8-25(10-17(27)19(29)30)23-18(28)16-9-26(31)24-22-16/h1-7,16-17,22,27H,8-10H2,(H,23,28)(H,29,30)/t16?,17-/m1/s1. The quantitative estimate of drug-likeness (QED) is 0.263. The summed E-state index contributed by atoms with van der Waals surface area (Å²) in [6.07, 6.45) is -1.72. The minimum atomic E-state index is -1.72. The van der Waals surface area contributed by atoms with E-state index >= 15 is 0 Å². The van der Waals surface area contributed by atoms with Crippen molar-refractivity contribution < 1.29 is 24.7 Å². The van der Waals surface area contributed by atoms with Crippen molar-refractivity contribution in [1.82, 2.24) is 15.9 Å². The normalized spacial score (nSPS) is 16.5. The van der Waals surface area contributed by atoms with Crippen molar-refractivity contribution in [3.63, 3.8) is 0 Å². The second-order valence-electron chi connectivity index (χ2n) is 6.85. The van der Waals surface area contributed by atoms with E-state index in [1.165, 1.54) is 5.01 Å². The number of hydrazine groups is 1. The molecule has 3 rings (SSSR count). The third-order valence-electron chi connectivity index (χ3n) is 4.49. The fourth-order valence-corrected chi connectivity index (χ4v) is 3.31. The molecule has 31 heavy (non-hydrogen) atoms. The van der Waals surface area contributed by atoms with E-state index < -0.39 is 24.0 Å². The van der Waals surface area contributed by atoms with Gasteiger partial charge in [-0.15, -0.1) is 0 Å². The lowest BCUT2D eigenvalue weighted by Crippen LogP contribution is -2.52. The predicted octanol–water partition coefficient (Wildman–Crippen LogP) is 1.79. The molecule has 1 heterocycles. The number of aliphatic hydroxyl groups excluding tert-OH is 1. The number of benzene rings is 2. The van der Waals surface area contributed by atoms with Gasteiger partial charge in [0.05, 0.1) is 11.8 Å². The number of carbonyl (C=O) groups excluding carboxylic acids is 1. The second kappa shape index (κ2) is 9.92. The van der Waals surface area contributed by atoms with Crippen molar-refractivity contribution in [3.05, 3.63) is 63.3 Å². The molecule has 2 aromatic carbocycles. The van der Waals surface area contributed by atoms with E-state index in [9.17, 15) is 19.9 Å². The van der Waals surface area contributed by atoms with Gasteiger partial charge in [-0.25, -0.2) is 9.80 Å². The first-order valence-corrected chi connectivity index (χ1v) is 9.90. The Morgan fingerprint density at radius 3 is 2.61 bits per heavy atom. The molecule has 2 atom stereocenters. The van der Waals surface area contributed by atoms with E-state index in [0.717, 1.165) is 16.7 Å². The number of hydrogen-bond donors (Lipinski definition) is 4. The Hall–Kier alpha value is -2.92. The summed E-state index contributed by atoms with van der Waals surface area (Å²) in [6, 6.07) is 11.4. The maximum atomic E-state index is 12.4. The number of rotatable bonds is 8. The van der Waals surface area contributed by atoms with Gasteiger partial charge in [-0.3, -0.25) is 10.2 Å². The molecule has 1 aliphatic rings. The number of carbonyl (C=O) groups is 2. The van der Waals surface area contributed by atoms with Crippen molar-refractivity contribution in [2.75, 3.05) is 13.1 Å². The summed E-state index contributed by atoms with van der Waals surface area (Å²) in [7, 11) is 0. The Morgan fingerprint density at radius 1 is 1.29 bits per heavy atom. The summed E-state index contributed by atoms with van der Waals surface area (Å²) in [5.41, 5.74) is 7.22. The van der Waals surface area contributed by atoms with Crippen LogP contribution in [0.1, 0.15) is 5.56 Å². The van der Waals surface area contributed by atoms with Gasteiger partial charge in [0.2, 0.25) is 6.04 Å². The van der Waals surface area contributed by atoms with E-state index in [2.05, 4.69) is 16.1 Å². The van der Waals surface area contributed by atoms with Gasteiger partial charge in [0, 0.05) is 22.2 Å². The number of hydroxylamine groups is 1. The first-order valence-electron chi connectivity index (χ1n) is 9.14. The van der Waals surface area contributed by atoms with Crippen LogP contribution in [0.4, 0.5) is 0 Å². The lowest BCUT2D eigenvalue weighted by Gasteiger charge is -2.25. The Morgan fingerprint density at radius 2 is 2.00 bits per heavy atom. The molecule has 0 fully saturated rings. The van der Waals surface area contributed by atoms with Crippen molar-refractivity contribution >= 4 is 35.1 Å². The van der Waals surface area contributed by atoms with Gasteiger partial charge in [0.25, 0.3) is 5.91 Å². The zero-order valence-electron chi connectivity index (χ0n) is 16.0. The van der Waals surface area contributed by atoms with Crippen LogP contribution in [0, 0.1) is 5.21 Å². The molecule has 0 aliphatic carbocycles. The molecule has 0 radical (unpaired) electrons. The van der Waals surface area contributed by atoms with Gasteiger partial charge in [0.1, 0.15) is 0 Å². The fraction of sp³-hybridized carbons (Fsp3) is 0.263.